The summed E-state index contributed by atoms with van der Waals surface area (Å²) in [5, 5.41) is 32.1. The fourth-order valence-electron chi connectivity index (χ4n) is 5.48. The van der Waals surface area contributed by atoms with Crippen LogP contribution in [0, 0.1) is 0 Å². The molecule has 3 aromatic carbocycles. The molecule has 0 aromatic heterocycles. The summed E-state index contributed by atoms with van der Waals surface area (Å²) in [5.41, 5.74) is 5.67. The molecule has 3 aromatic rings. The number of rotatable bonds is 15. The SMILES string of the molecule is C[C@@H]([C@H](O)c1ccccc1)N(C)C[C@H]1C[C@@H](c2ccc(CO)cc2)O[C@@H](c2cccc(NC(=O)CCCCCC(=O)NO)c2)O1. The Hall–Kier alpha value is -3.64. The number of nitrogens with zero attached hydrogens (tertiary/aromatic N) is 1. The maximum atomic E-state index is 12.6. The number of carbonyl (C=O) groups excluding carboxylic acids is 2. The highest BCUT2D eigenvalue weighted by molar-refractivity contribution is 5.90. The van der Waals surface area contributed by atoms with Gasteiger partial charge < -0.3 is 25.0 Å². The second-order valence-corrected chi connectivity index (χ2v) is 11.7. The molecule has 1 heterocycles. The summed E-state index contributed by atoms with van der Waals surface area (Å²) in [7, 11) is 1.98. The highest BCUT2D eigenvalue weighted by Gasteiger charge is 2.34. The normalized spacial score (nSPS) is 19.6. The van der Waals surface area contributed by atoms with Crippen LogP contribution in [0.3, 0.4) is 0 Å². The van der Waals surface area contributed by atoms with Crippen molar-refractivity contribution in [1.29, 1.82) is 0 Å². The summed E-state index contributed by atoms with van der Waals surface area (Å²) in [6.07, 6.45) is 1.22. The monoisotopic (exact) mass is 619 g/mol. The van der Waals surface area contributed by atoms with Crippen molar-refractivity contribution >= 4 is 17.5 Å². The van der Waals surface area contributed by atoms with Gasteiger partial charge in [0.1, 0.15) is 0 Å². The Balaban J connectivity index is 1.44. The van der Waals surface area contributed by atoms with E-state index in [0.717, 1.165) is 22.3 Å². The molecule has 0 unspecified atom stereocenters. The largest absolute Gasteiger partial charge is 0.392 e. The molecule has 10 heteroatoms. The van der Waals surface area contributed by atoms with Crippen LogP contribution in [0.1, 0.15) is 86.2 Å². The van der Waals surface area contributed by atoms with Crippen LogP contribution in [0.15, 0.2) is 78.9 Å². The first-order valence-electron chi connectivity index (χ1n) is 15.5. The number of anilines is 1. The number of nitrogens with one attached hydrogen (secondary N) is 2. The predicted octanol–water partition coefficient (Wildman–Crippen LogP) is 5.17. The summed E-state index contributed by atoms with van der Waals surface area (Å²) in [4.78, 5) is 25.8. The van der Waals surface area contributed by atoms with Gasteiger partial charge >= 0.3 is 0 Å². The van der Waals surface area contributed by atoms with Gasteiger partial charge in [0.25, 0.3) is 0 Å². The summed E-state index contributed by atoms with van der Waals surface area (Å²) < 4.78 is 13.0. The molecule has 1 fully saturated rings. The molecule has 1 aliphatic heterocycles. The predicted molar refractivity (Wildman–Crippen MR) is 170 cm³/mol. The maximum Gasteiger partial charge on any atom is 0.243 e. The number of amides is 2. The molecule has 0 radical (unpaired) electrons. The number of hydrogen-bond acceptors (Lipinski definition) is 8. The van der Waals surface area contributed by atoms with Crippen molar-refractivity contribution in [1.82, 2.24) is 10.4 Å². The zero-order chi connectivity index (χ0) is 32.2. The Bertz CT molecular complexity index is 1350. The Labute approximate surface area is 264 Å². The van der Waals surface area contributed by atoms with E-state index in [-0.39, 0.29) is 37.2 Å². The number of hydroxylamine groups is 1. The molecule has 45 heavy (non-hydrogen) atoms. The van der Waals surface area contributed by atoms with Crippen molar-refractivity contribution in [3.63, 3.8) is 0 Å². The number of unbranched alkanes of at least 4 members (excludes halogenated alkanes) is 2. The lowest BCUT2D eigenvalue weighted by molar-refractivity contribution is -0.253. The van der Waals surface area contributed by atoms with Crippen molar-refractivity contribution in [3.05, 3.63) is 101 Å². The molecule has 2 amide bonds. The van der Waals surface area contributed by atoms with Gasteiger partial charge in [0.15, 0.2) is 6.29 Å². The van der Waals surface area contributed by atoms with Gasteiger partial charge in [0, 0.05) is 43.1 Å². The number of hydrogen-bond donors (Lipinski definition) is 5. The first-order chi connectivity index (χ1) is 21.8. The van der Waals surface area contributed by atoms with Gasteiger partial charge in [-0.3, -0.25) is 19.7 Å². The van der Waals surface area contributed by atoms with E-state index in [4.69, 9.17) is 14.7 Å². The van der Waals surface area contributed by atoms with Gasteiger partial charge in [0.2, 0.25) is 11.8 Å². The summed E-state index contributed by atoms with van der Waals surface area (Å²) in [6.45, 7) is 2.52. The lowest BCUT2D eigenvalue weighted by atomic mass is 9.98. The third kappa shape index (κ3) is 10.2. The number of benzene rings is 3. The number of aliphatic hydroxyl groups is 2. The van der Waals surface area contributed by atoms with Gasteiger partial charge in [-0.15, -0.1) is 0 Å². The van der Waals surface area contributed by atoms with E-state index in [2.05, 4.69) is 10.2 Å². The van der Waals surface area contributed by atoms with Crippen molar-refractivity contribution in [2.24, 2.45) is 0 Å². The number of likely N-dealkylation sites (N-methyl/N-ethyl adjacent to an activating group) is 1. The summed E-state index contributed by atoms with van der Waals surface area (Å²) >= 11 is 0. The minimum atomic E-state index is -0.691. The highest BCUT2D eigenvalue weighted by Crippen LogP contribution is 2.39. The van der Waals surface area contributed by atoms with E-state index in [1.54, 1.807) is 5.48 Å². The summed E-state index contributed by atoms with van der Waals surface area (Å²) in [5.74, 6) is -0.558. The Kier molecular flexibility index (Phi) is 13.1. The second-order valence-electron chi connectivity index (χ2n) is 11.7. The molecule has 1 aliphatic rings. The van der Waals surface area contributed by atoms with Crippen molar-refractivity contribution < 1.29 is 34.5 Å². The fourth-order valence-corrected chi connectivity index (χ4v) is 5.48. The first-order valence-corrected chi connectivity index (χ1v) is 15.5. The summed E-state index contributed by atoms with van der Waals surface area (Å²) in [6, 6.07) is 24.6. The number of ether oxygens (including phenoxy) is 2. The van der Waals surface area contributed by atoms with Gasteiger partial charge in [-0.25, -0.2) is 5.48 Å². The standard InChI is InChI=1S/C35H45N3O7/c1-24(34(42)27-10-5-3-6-11-27)38(2)22-30-21-31(26-18-16-25(23-39)17-19-26)45-35(44-30)28-12-9-13-29(20-28)36-32(40)14-7-4-8-15-33(41)37-43/h3,5-6,9-13,16-20,24,30-31,34-35,39,42-43H,4,7-8,14-15,21-23H2,1-2H3,(H,36,40)(H,37,41)/t24-,30+,31-,34-,35-/m0/s1. The third-order valence-electron chi connectivity index (χ3n) is 8.27. The molecule has 0 saturated carbocycles. The second kappa shape index (κ2) is 17.2. The topological polar surface area (TPSA) is 141 Å². The molecule has 4 rings (SSSR count). The molecule has 1 saturated heterocycles. The van der Waals surface area contributed by atoms with Crippen LogP contribution < -0.4 is 10.8 Å². The molecule has 0 bridgehead atoms. The van der Waals surface area contributed by atoms with Crippen LogP contribution in [-0.4, -0.2) is 57.9 Å². The quantitative estimate of drug-likeness (QED) is 0.0892. The minimum Gasteiger partial charge on any atom is -0.392 e. The Morgan fingerprint density at radius 2 is 1.62 bits per heavy atom. The maximum absolute atomic E-state index is 12.6. The van der Waals surface area contributed by atoms with Crippen molar-refractivity contribution in [2.75, 3.05) is 18.9 Å². The number of carbonyl (C=O) groups is 2. The zero-order valence-electron chi connectivity index (χ0n) is 26.0. The van der Waals surface area contributed by atoms with E-state index in [1.807, 2.05) is 92.8 Å². The van der Waals surface area contributed by atoms with E-state index in [9.17, 15) is 19.8 Å². The Morgan fingerprint density at radius 3 is 2.31 bits per heavy atom. The smallest absolute Gasteiger partial charge is 0.243 e. The lowest BCUT2D eigenvalue weighted by Gasteiger charge is -2.39. The molecule has 5 atom stereocenters. The number of aliphatic hydroxyl groups excluding tert-OH is 2. The molecule has 0 spiro atoms. The average molecular weight is 620 g/mol. The van der Waals surface area contributed by atoms with Crippen LogP contribution in [0.4, 0.5) is 5.69 Å². The van der Waals surface area contributed by atoms with Crippen LogP contribution in [0.25, 0.3) is 0 Å². The van der Waals surface area contributed by atoms with Crippen LogP contribution in [0.5, 0.6) is 0 Å². The van der Waals surface area contributed by atoms with Gasteiger partial charge in [-0.2, -0.15) is 0 Å². The molecular formula is C35H45N3O7. The molecule has 0 aliphatic carbocycles. The fraction of sp³-hybridized carbons (Fsp3) is 0.429. The van der Waals surface area contributed by atoms with Crippen LogP contribution in [0.2, 0.25) is 0 Å². The van der Waals surface area contributed by atoms with Crippen molar-refractivity contribution in [3.8, 4) is 0 Å². The Morgan fingerprint density at radius 1 is 0.911 bits per heavy atom. The van der Waals surface area contributed by atoms with Crippen molar-refractivity contribution in [2.45, 2.75) is 82.7 Å². The minimum absolute atomic E-state index is 0.0357. The molecular weight excluding hydrogens is 574 g/mol. The molecule has 10 nitrogen and oxygen atoms in total. The van der Waals surface area contributed by atoms with Gasteiger partial charge in [-0.1, -0.05) is 73.2 Å². The van der Waals surface area contributed by atoms with Crippen LogP contribution >= 0.6 is 0 Å². The van der Waals surface area contributed by atoms with Crippen LogP contribution in [-0.2, 0) is 25.7 Å². The van der Waals surface area contributed by atoms with E-state index < -0.39 is 18.3 Å². The molecule has 5 N–H and O–H groups in total. The average Bonchev–Trinajstić information content (AvgIpc) is 3.07. The van der Waals surface area contributed by atoms with Gasteiger partial charge in [0.05, 0.1) is 24.9 Å². The lowest BCUT2D eigenvalue weighted by Crippen LogP contribution is -2.43. The van der Waals surface area contributed by atoms with E-state index in [1.165, 1.54) is 0 Å². The van der Waals surface area contributed by atoms with E-state index >= 15 is 0 Å². The first kappa shape index (κ1) is 34.2. The molecule has 242 valence electrons. The van der Waals surface area contributed by atoms with E-state index in [0.29, 0.717) is 44.3 Å². The van der Waals surface area contributed by atoms with Gasteiger partial charge in [-0.05, 0) is 55.6 Å². The third-order valence-corrected chi connectivity index (χ3v) is 8.27. The zero-order valence-corrected chi connectivity index (χ0v) is 26.0. The highest BCUT2D eigenvalue weighted by atomic mass is 16.7.